The molecule has 2 aromatic rings. The first kappa shape index (κ1) is 13.8. The van der Waals surface area contributed by atoms with Gasteiger partial charge < -0.3 is 19.5 Å². The predicted octanol–water partition coefficient (Wildman–Crippen LogP) is 1.64. The van der Waals surface area contributed by atoms with E-state index in [1.807, 2.05) is 18.2 Å². The minimum Gasteiger partial charge on any atom is -0.464 e. The largest absolute Gasteiger partial charge is 0.464 e. The molecule has 22 heavy (non-hydrogen) atoms. The highest BCUT2D eigenvalue weighted by Crippen LogP contribution is 2.61. The smallest absolute Gasteiger partial charge is 0.257 e. The number of carbonyl (C=O) groups is 1. The minimum absolute atomic E-state index is 0.0162. The number of furan rings is 1. The van der Waals surface area contributed by atoms with E-state index in [1.54, 1.807) is 17.2 Å². The molecule has 2 N–H and O–H groups in total. The Morgan fingerprint density at radius 2 is 1.82 bits per heavy atom. The highest BCUT2D eigenvalue weighted by molar-refractivity contribution is 6.05. The Morgan fingerprint density at radius 3 is 2.41 bits per heavy atom. The van der Waals surface area contributed by atoms with Crippen molar-refractivity contribution in [1.82, 2.24) is 4.90 Å². The van der Waals surface area contributed by atoms with Crippen LogP contribution in [0.3, 0.4) is 0 Å². The third kappa shape index (κ3) is 1.58. The average Bonchev–Trinajstić information content (AvgIpc) is 3.09. The van der Waals surface area contributed by atoms with Crippen molar-refractivity contribution in [2.24, 2.45) is 10.8 Å². The predicted molar refractivity (Wildman–Crippen MR) is 80.4 cm³/mol. The van der Waals surface area contributed by atoms with Gasteiger partial charge >= 0.3 is 0 Å². The Bertz CT molecular complexity index is 711. The maximum absolute atomic E-state index is 12.9. The van der Waals surface area contributed by atoms with Crippen molar-refractivity contribution in [3.05, 3.63) is 36.1 Å². The summed E-state index contributed by atoms with van der Waals surface area (Å²) in [5.41, 5.74) is 0.468. The van der Waals surface area contributed by atoms with Crippen LogP contribution in [0.1, 0.15) is 23.2 Å². The summed E-state index contributed by atoms with van der Waals surface area (Å²) in [7, 11) is 0. The van der Waals surface area contributed by atoms with Crippen LogP contribution >= 0.6 is 0 Å². The Hall–Kier alpha value is -1.85. The van der Waals surface area contributed by atoms with E-state index in [4.69, 9.17) is 4.42 Å². The summed E-state index contributed by atoms with van der Waals surface area (Å²) in [5.74, 6) is -0.0874. The summed E-state index contributed by atoms with van der Waals surface area (Å²) in [6, 6.07) is 7.36. The molecule has 5 nitrogen and oxygen atoms in total. The lowest BCUT2D eigenvalue weighted by Crippen LogP contribution is -2.54. The van der Waals surface area contributed by atoms with Gasteiger partial charge in [0.1, 0.15) is 5.58 Å². The highest BCUT2D eigenvalue weighted by atomic mass is 16.3. The number of nitrogens with zero attached hydrogens (tertiary/aromatic N) is 1. The van der Waals surface area contributed by atoms with Crippen LogP contribution in [0.15, 0.2) is 34.9 Å². The zero-order valence-electron chi connectivity index (χ0n) is 12.3. The lowest BCUT2D eigenvalue weighted by atomic mass is 9.52. The number of aliphatic hydroxyl groups is 2. The van der Waals surface area contributed by atoms with Crippen molar-refractivity contribution in [1.29, 1.82) is 0 Å². The van der Waals surface area contributed by atoms with Crippen LogP contribution in [-0.4, -0.2) is 47.3 Å². The van der Waals surface area contributed by atoms with Crippen LogP contribution in [0.2, 0.25) is 0 Å². The van der Waals surface area contributed by atoms with Gasteiger partial charge in [-0.2, -0.15) is 0 Å². The number of rotatable bonds is 3. The normalized spacial score (nSPS) is 30.4. The molecule has 1 aromatic carbocycles. The number of hydrogen-bond acceptors (Lipinski definition) is 4. The molecule has 4 rings (SSSR count). The number of aliphatic hydroxyl groups excluding tert-OH is 2. The number of carbonyl (C=O) groups excluding carboxylic acids is 1. The van der Waals surface area contributed by atoms with E-state index in [0.717, 1.165) is 18.2 Å². The minimum atomic E-state index is -0.339. The molecule has 1 aliphatic heterocycles. The summed E-state index contributed by atoms with van der Waals surface area (Å²) in [4.78, 5) is 14.7. The Balaban J connectivity index is 1.69. The fourth-order valence-electron chi connectivity index (χ4n) is 4.18. The number of benzene rings is 1. The number of fused-ring (bicyclic) bond motifs is 2. The van der Waals surface area contributed by atoms with Crippen LogP contribution in [0.25, 0.3) is 11.0 Å². The number of likely N-dealkylation sites (tertiary alicyclic amines) is 1. The lowest BCUT2D eigenvalue weighted by Gasteiger charge is -2.52. The molecule has 1 aromatic heterocycles. The fraction of sp³-hybridized carbons (Fsp3) is 0.471. The molecule has 2 fully saturated rings. The number of amides is 1. The van der Waals surface area contributed by atoms with Crippen molar-refractivity contribution in [3.8, 4) is 0 Å². The SMILES string of the molecule is O=C(c1cccc2ccoc12)N1C[C@]2(CO)CC[C@]2(CO)C1. The van der Waals surface area contributed by atoms with Gasteiger partial charge in [0.2, 0.25) is 0 Å². The molecular weight excluding hydrogens is 282 g/mol. The summed E-state index contributed by atoms with van der Waals surface area (Å²) in [6.07, 6.45) is 3.30. The van der Waals surface area contributed by atoms with Gasteiger partial charge in [0, 0.05) is 29.3 Å². The molecule has 1 saturated heterocycles. The van der Waals surface area contributed by atoms with Crippen LogP contribution < -0.4 is 0 Å². The highest BCUT2D eigenvalue weighted by Gasteiger charge is 2.64. The van der Waals surface area contributed by atoms with Gasteiger partial charge in [-0.3, -0.25) is 4.79 Å². The van der Waals surface area contributed by atoms with Crippen LogP contribution in [0.5, 0.6) is 0 Å². The standard InChI is InChI=1S/C17H19NO4/c19-10-16-5-6-17(16,11-20)9-18(8-16)15(21)13-3-1-2-12-4-7-22-14(12)13/h1-4,7,19-20H,5-6,8-11H2/t16-,17+. The van der Waals surface area contributed by atoms with E-state index < -0.39 is 0 Å². The molecule has 0 bridgehead atoms. The van der Waals surface area contributed by atoms with Crippen molar-refractivity contribution in [2.45, 2.75) is 12.8 Å². The van der Waals surface area contributed by atoms with E-state index in [9.17, 15) is 15.0 Å². The molecule has 116 valence electrons. The molecule has 1 saturated carbocycles. The van der Waals surface area contributed by atoms with Crippen LogP contribution in [0, 0.1) is 10.8 Å². The fourth-order valence-corrected chi connectivity index (χ4v) is 4.18. The Labute approximate surface area is 128 Å². The van der Waals surface area contributed by atoms with Gasteiger partial charge in [0.05, 0.1) is 25.0 Å². The van der Waals surface area contributed by atoms with Gasteiger partial charge in [0.25, 0.3) is 5.91 Å². The van der Waals surface area contributed by atoms with Crippen LogP contribution in [0.4, 0.5) is 0 Å². The first-order chi connectivity index (χ1) is 10.6. The van der Waals surface area contributed by atoms with Gasteiger partial charge in [-0.15, -0.1) is 0 Å². The third-order valence-electron chi connectivity index (χ3n) is 5.80. The summed E-state index contributed by atoms with van der Waals surface area (Å²) in [6.45, 7) is 1.03. The maximum atomic E-state index is 12.9. The molecule has 1 amide bonds. The third-order valence-corrected chi connectivity index (χ3v) is 5.80. The summed E-state index contributed by atoms with van der Waals surface area (Å²) in [5, 5.41) is 20.5. The molecule has 1 aliphatic carbocycles. The van der Waals surface area contributed by atoms with E-state index in [0.29, 0.717) is 24.2 Å². The van der Waals surface area contributed by atoms with Gasteiger partial charge in [-0.1, -0.05) is 12.1 Å². The maximum Gasteiger partial charge on any atom is 0.257 e. The van der Waals surface area contributed by atoms with Crippen molar-refractivity contribution < 1.29 is 19.4 Å². The second-order valence-corrected chi connectivity index (χ2v) is 6.68. The summed E-state index contributed by atoms with van der Waals surface area (Å²) >= 11 is 0. The topological polar surface area (TPSA) is 73.9 Å². The number of hydrogen-bond donors (Lipinski definition) is 2. The van der Waals surface area contributed by atoms with Crippen molar-refractivity contribution in [3.63, 3.8) is 0 Å². The van der Waals surface area contributed by atoms with E-state index in [1.165, 1.54) is 0 Å². The average molecular weight is 301 g/mol. The molecule has 2 aliphatic rings. The van der Waals surface area contributed by atoms with Crippen LogP contribution in [-0.2, 0) is 0 Å². The molecular formula is C17H19NO4. The first-order valence-corrected chi connectivity index (χ1v) is 7.62. The van der Waals surface area contributed by atoms with Gasteiger partial charge in [0.15, 0.2) is 0 Å². The first-order valence-electron chi connectivity index (χ1n) is 7.62. The van der Waals surface area contributed by atoms with Gasteiger partial charge in [-0.25, -0.2) is 0 Å². The molecule has 5 heteroatoms. The molecule has 0 radical (unpaired) electrons. The Kier molecular flexibility index (Phi) is 2.86. The molecule has 2 atom stereocenters. The molecule has 2 heterocycles. The lowest BCUT2D eigenvalue weighted by molar-refractivity contribution is -0.101. The number of para-hydroxylation sites is 1. The Morgan fingerprint density at radius 1 is 1.14 bits per heavy atom. The van der Waals surface area contributed by atoms with E-state index in [2.05, 4.69) is 0 Å². The quantitative estimate of drug-likeness (QED) is 0.904. The van der Waals surface area contributed by atoms with Crippen molar-refractivity contribution >= 4 is 16.9 Å². The monoisotopic (exact) mass is 301 g/mol. The summed E-state index contributed by atoms with van der Waals surface area (Å²) < 4.78 is 5.46. The molecule has 0 spiro atoms. The molecule has 0 unspecified atom stereocenters. The van der Waals surface area contributed by atoms with Gasteiger partial charge in [-0.05, 0) is 25.0 Å². The van der Waals surface area contributed by atoms with E-state index in [-0.39, 0.29) is 30.0 Å². The zero-order valence-corrected chi connectivity index (χ0v) is 12.3. The van der Waals surface area contributed by atoms with E-state index >= 15 is 0 Å². The zero-order chi connectivity index (χ0) is 15.4. The second-order valence-electron chi connectivity index (χ2n) is 6.68. The van der Waals surface area contributed by atoms with Crippen molar-refractivity contribution in [2.75, 3.05) is 26.3 Å². The second kappa shape index (κ2) is 4.57.